The van der Waals surface area contributed by atoms with E-state index in [1.807, 2.05) is 0 Å². The lowest BCUT2D eigenvalue weighted by atomic mass is 10.8. The van der Waals surface area contributed by atoms with Crippen LogP contribution in [0.4, 0.5) is 5.82 Å². The first-order chi connectivity index (χ1) is 3.84. The number of hydrogen-bond acceptors (Lipinski definition) is 5. The maximum absolute atomic E-state index is 5.25. The molecule has 6 nitrogen and oxygen atoms in total. The Balaban J connectivity index is 2.92. The minimum absolute atomic E-state index is 0.382. The Kier molecular flexibility index (Phi) is 1.01. The van der Waals surface area contributed by atoms with Crippen molar-refractivity contribution in [3.8, 4) is 0 Å². The van der Waals surface area contributed by atoms with Gasteiger partial charge in [-0.1, -0.05) is 0 Å². The van der Waals surface area contributed by atoms with Crippen molar-refractivity contribution in [2.75, 3.05) is 11.3 Å². The Labute approximate surface area is 45.4 Å². The maximum Gasteiger partial charge on any atom is 0.166 e. The molecule has 0 aliphatic heterocycles. The van der Waals surface area contributed by atoms with Crippen LogP contribution in [0.15, 0.2) is 6.20 Å². The zero-order valence-corrected chi connectivity index (χ0v) is 4.07. The van der Waals surface area contributed by atoms with Gasteiger partial charge in [0.15, 0.2) is 5.82 Å². The molecule has 8 heavy (non-hydrogen) atoms. The van der Waals surface area contributed by atoms with Crippen molar-refractivity contribution < 1.29 is 0 Å². The summed E-state index contributed by atoms with van der Waals surface area (Å²) >= 11 is 0. The second-order valence-electron chi connectivity index (χ2n) is 1.20. The lowest BCUT2D eigenvalue weighted by molar-refractivity contribution is 0.714. The number of hydrogen-bond donors (Lipinski definition) is 3. The van der Waals surface area contributed by atoms with E-state index in [1.165, 1.54) is 6.20 Å². The van der Waals surface area contributed by atoms with Gasteiger partial charge in [-0.05, 0) is 5.21 Å². The zero-order chi connectivity index (χ0) is 5.98. The predicted molar refractivity (Wildman–Crippen MR) is 28.0 cm³/mol. The lowest BCUT2D eigenvalue weighted by Crippen LogP contribution is -2.24. The zero-order valence-electron chi connectivity index (χ0n) is 4.07. The molecule has 5 N–H and O–H groups in total. The molecule has 44 valence electrons. The Morgan fingerprint density at radius 3 is 2.75 bits per heavy atom. The van der Waals surface area contributed by atoms with E-state index in [0.717, 1.165) is 4.79 Å². The number of nitrogen functional groups attached to an aromatic ring is 2. The predicted octanol–water partition coefficient (Wildman–Crippen LogP) is -1.72. The van der Waals surface area contributed by atoms with E-state index in [1.54, 1.807) is 0 Å². The summed E-state index contributed by atoms with van der Waals surface area (Å²) in [6.45, 7) is 0. The molecule has 0 unspecified atom stereocenters. The number of aromatic nitrogens is 3. The molecule has 1 heterocycles. The van der Waals surface area contributed by atoms with E-state index in [9.17, 15) is 0 Å². The van der Waals surface area contributed by atoms with Crippen LogP contribution < -0.4 is 17.1 Å². The topological polar surface area (TPSA) is 94.8 Å². The first-order valence-electron chi connectivity index (χ1n) is 1.97. The molecule has 1 rings (SSSR count). The van der Waals surface area contributed by atoms with Gasteiger partial charge in [0.25, 0.3) is 0 Å². The van der Waals surface area contributed by atoms with Crippen LogP contribution in [0.5, 0.6) is 0 Å². The molecule has 0 aliphatic carbocycles. The molecule has 0 saturated heterocycles. The van der Waals surface area contributed by atoms with Crippen molar-refractivity contribution in [2.24, 2.45) is 5.84 Å². The average molecular weight is 114 g/mol. The van der Waals surface area contributed by atoms with E-state index in [-0.39, 0.29) is 0 Å². The molecule has 1 aromatic heterocycles. The van der Waals surface area contributed by atoms with E-state index in [0.29, 0.717) is 5.82 Å². The summed E-state index contributed by atoms with van der Waals surface area (Å²) in [5.41, 5.74) is 7.44. The normalized spacial score (nSPS) is 9.12. The first-order valence-corrected chi connectivity index (χ1v) is 1.97. The van der Waals surface area contributed by atoms with E-state index in [2.05, 4.69) is 15.8 Å². The first kappa shape index (κ1) is 4.85. The molecular weight excluding hydrogens is 108 g/mol. The molecule has 0 bridgehead atoms. The smallest absolute Gasteiger partial charge is 0.166 e. The van der Waals surface area contributed by atoms with Crippen LogP contribution in [0.1, 0.15) is 0 Å². The summed E-state index contributed by atoms with van der Waals surface area (Å²) in [5, 5.41) is 6.88. The standard InChI is InChI=1S/C2H6N6/c3-2-1-5-7-8(2)6-4/h1,6H,3-4H2. The van der Waals surface area contributed by atoms with Crippen molar-refractivity contribution in [3.63, 3.8) is 0 Å². The lowest BCUT2D eigenvalue weighted by Gasteiger charge is -1.95. The van der Waals surface area contributed by atoms with Gasteiger partial charge in [-0.3, -0.25) is 0 Å². The maximum atomic E-state index is 5.25. The van der Waals surface area contributed by atoms with Gasteiger partial charge in [0, 0.05) is 0 Å². The number of rotatable bonds is 1. The highest BCUT2D eigenvalue weighted by molar-refractivity contribution is 5.22. The van der Waals surface area contributed by atoms with Gasteiger partial charge in [-0.25, -0.2) is 11.4 Å². The van der Waals surface area contributed by atoms with Crippen LogP contribution in [0.2, 0.25) is 0 Å². The molecular formula is C2H6N6. The molecule has 0 aromatic carbocycles. The van der Waals surface area contributed by atoms with Gasteiger partial charge in [0.1, 0.15) is 0 Å². The Bertz CT molecular complexity index is 167. The molecule has 0 radical (unpaired) electrons. The van der Waals surface area contributed by atoms with Crippen LogP contribution in [0.3, 0.4) is 0 Å². The van der Waals surface area contributed by atoms with Crippen LogP contribution in [0, 0.1) is 0 Å². The Morgan fingerprint density at radius 2 is 2.50 bits per heavy atom. The quantitative estimate of drug-likeness (QED) is 0.298. The molecule has 1 aromatic rings. The summed E-state index contributed by atoms with van der Waals surface area (Å²) in [4.78, 5) is 1.15. The number of nitrogens with two attached hydrogens (primary N) is 2. The highest BCUT2D eigenvalue weighted by atomic mass is 15.7. The van der Waals surface area contributed by atoms with Gasteiger partial charge in [-0.15, -0.1) is 9.89 Å². The molecule has 6 heteroatoms. The fourth-order valence-electron chi connectivity index (χ4n) is 0.343. The van der Waals surface area contributed by atoms with E-state index < -0.39 is 0 Å². The van der Waals surface area contributed by atoms with Crippen molar-refractivity contribution in [3.05, 3.63) is 6.20 Å². The number of hydrazine groups is 1. The van der Waals surface area contributed by atoms with Gasteiger partial charge < -0.3 is 5.73 Å². The van der Waals surface area contributed by atoms with Crippen molar-refractivity contribution in [1.82, 2.24) is 15.1 Å². The second kappa shape index (κ2) is 1.66. The average Bonchev–Trinajstić information content (AvgIpc) is 2.14. The monoisotopic (exact) mass is 114 g/mol. The Morgan fingerprint density at radius 1 is 1.75 bits per heavy atom. The van der Waals surface area contributed by atoms with Crippen LogP contribution in [0.25, 0.3) is 0 Å². The second-order valence-corrected chi connectivity index (χ2v) is 1.20. The fourth-order valence-corrected chi connectivity index (χ4v) is 0.343. The summed E-state index contributed by atoms with van der Waals surface area (Å²) in [6.07, 6.45) is 1.39. The third-order valence-corrected chi connectivity index (χ3v) is 0.698. The Hall–Kier alpha value is -1.30. The van der Waals surface area contributed by atoms with Crippen molar-refractivity contribution in [1.29, 1.82) is 0 Å². The van der Waals surface area contributed by atoms with Gasteiger partial charge in [0.2, 0.25) is 0 Å². The van der Waals surface area contributed by atoms with E-state index in [4.69, 9.17) is 11.6 Å². The van der Waals surface area contributed by atoms with Gasteiger partial charge in [0.05, 0.1) is 6.20 Å². The minimum Gasteiger partial charge on any atom is -0.381 e. The molecule has 0 atom stereocenters. The van der Waals surface area contributed by atoms with Crippen LogP contribution >= 0.6 is 0 Å². The van der Waals surface area contributed by atoms with E-state index >= 15 is 0 Å². The van der Waals surface area contributed by atoms with Gasteiger partial charge >= 0.3 is 0 Å². The number of nitrogens with zero attached hydrogens (tertiary/aromatic N) is 3. The fraction of sp³-hybridized carbons (Fsp3) is 0. The number of anilines is 1. The van der Waals surface area contributed by atoms with Gasteiger partial charge in [-0.2, -0.15) is 0 Å². The van der Waals surface area contributed by atoms with Crippen molar-refractivity contribution in [2.45, 2.75) is 0 Å². The summed E-state index contributed by atoms with van der Waals surface area (Å²) in [6, 6.07) is 0. The van der Waals surface area contributed by atoms with Crippen LogP contribution in [-0.2, 0) is 0 Å². The molecule has 0 amide bonds. The van der Waals surface area contributed by atoms with Crippen LogP contribution in [-0.4, -0.2) is 15.1 Å². The highest BCUT2D eigenvalue weighted by Gasteiger charge is 1.91. The SMILES string of the molecule is NNn1nncc1N. The summed E-state index contributed by atoms with van der Waals surface area (Å²) in [5.74, 6) is 5.31. The highest BCUT2D eigenvalue weighted by Crippen LogP contribution is 1.88. The minimum atomic E-state index is 0.382. The molecule has 0 saturated carbocycles. The molecule has 0 spiro atoms. The molecule has 0 fully saturated rings. The number of nitrogens with one attached hydrogen (secondary N) is 1. The van der Waals surface area contributed by atoms with Crippen molar-refractivity contribution >= 4 is 5.82 Å². The third kappa shape index (κ3) is 0.562. The summed E-state index contributed by atoms with van der Waals surface area (Å²) in [7, 11) is 0. The summed E-state index contributed by atoms with van der Waals surface area (Å²) < 4.78 is 0. The largest absolute Gasteiger partial charge is 0.381 e. The third-order valence-electron chi connectivity index (χ3n) is 0.698. The molecule has 0 aliphatic rings.